The number of hydrogen-bond acceptors (Lipinski definition) is 5. The van der Waals surface area contributed by atoms with E-state index >= 15 is 0 Å². The number of nitro benzene ring substituents is 1. The lowest BCUT2D eigenvalue weighted by molar-refractivity contribution is -0.385. The van der Waals surface area contributed by atoms with Gasteiger partial charge < -0.3 is 15.2 Å². The fraction of sp³-hybridized carbons (Fsp3) is 0.222. The molecule has 1 aliphatic rings. The summed E-state index contributed by atoms with van der Waals surface area (Å²) in [6, 6.07) is 13.2. The molecule has 10 heteroatoms. The zero-order valence-corrected chi connectivity index (χ0v) is 20.0. The molecule has 0 spiro atoms. The van der Waals surface area contributed by atoms with Crippen molar-refractivity contribution in [3.63, 3.8) is 0 Å². The van der Waals surface area contributed by atoms with Crippen LogP contribution < -0.4 is 5.32 Å². The molecule has 37 heavy (non-hydrogen) atoms. The average molecular weight is 502 g/mol. The van der Waals surface area contributed by atoms with Crippen LogP contribution in [0, 0.1) is 22.9 Å². The first-order valence-corrected chi connectivity index (χ1v) is 11.9. The van der Waals surface area contributed by atoms with Gasteiger partial charge in [-0.2, -0.15) is 0 Å². The zero-order valence-electron chi connectivity index (χ0n) is 20.0. The normalized spacial score (nSPS) is 14.1. The molecule has 4 aromatic rings. The highest BCUT2D eigenvalue weighted by molar-refractivity contribution is 6.10. The van der Waals surface area contributed by atoms with E-state index in [1.807, 2.05) is 30.3 Å². The molecule has 0 bridgehead atoms. The van der Waals surface area contributed by atoms with Crippen LogP contribution in [0.1, 0.15) is 50.7 Å². The molecular weight excluding hydrogens is 477 g/mol. The smallest absolute Gasteiger partial charge is 0.274 e. The topological polar surface area (TPSA) is 121 Å². The molecule has 0 saturated carbocycles. The van der Waals surface area contributed by atoms with Gasteiger partial charge in [-0.05, 0) is 61.6 Å². The number of halogens is 1. The maximum atomic E-state index is 14.4. The highest BCUT2D eigenvalue weighted by Gasteiger charge is 2.29. The first-order chi connectivity index (χ1) is 17.8. The number of anilines is 1. The van der Waals surface area contributed by atoms with E-state index in [2.05, 4.69) is 15.3 Å². The Bertz CT molecular complexity index is 1510. The van der Waals surface area contributed by atoms with Gasteiger partial charge in [0.15, 0.2) is 0 Å². The number of fused-ring (bicyclic) bond motifs is 1. The van der Waals surface area contributed by atoms with Gasteiger partial charge in [-0.15, -0.1) is 0 Å². The van der Waals surface area contributed by atoms with E-state index in [0.29, 0.717) is 37.3 Å². The quantitative estimate of drug-likeness (QED) is 0.288. The molecule has 5 rings (SSSR count). The molecule has 1 fully saturated rings. The molecule has 0 radical (unpaired) electrons. The van der Waals surface area contributed by atoms with Crippen LogP contribution in [0.15, 0.2) is 60.9 Å². The van der Waals surface area contributed by atoms with Gasteiger partial charge in [0.1, 0.15) is 11.5 Å². The number of pyridine rings is 1. The Balaban J connectivity index is 1.23. The predicted octanol–water partition coefficient (Wildman–Crippen LogP) is 5.19. The Morgan fingerprint density at radius 1 is 1.11 bits per heavy atom. The molecule has 1 saturated heterocycles. The van der Waals surface area contributed by atoms with Crippen LogP contribution in [-0.4, -0.2) is 44.7 Å². The number of nitrogens with zero attached hydrogens (tertiary/aromatic N) is 3. The van der Waals surface area contributed by atoms with E-state index in [0.717, 1.165) is 28.6 Å². The Kier molecular flexibility index (Phi) is 6.39. The number of rotatable bonds is 5. The van der Waals surface area contributed by atoms with Crippen LogP contribution in [0.2, 0.25) is 0 Å². The third-order valence-corrected chi connectivity index (χ3v) is 6.91. The minimum Gasteiger partial charge on any atom is -0.361 e. The van der Waals surface area contributed by atoms with Crippen molar-refractivity contribution < 1.29 is 18.9 Å². The Morgan fingerprint density at radius 2 is 1.84 bits per heavy atom. The molecule has 188 valence electrons. The van der Waals surface area contributed by atoms with Gasteiger partial charge in [-0.25, -0.2) is 4.39 Å². The molecule has 1 aliphatic heterocycles. The third-order valence-electron chi connectivity index (χ3n) is 6.91. The van der Waals surface area contributed by atoms with E-state index in [1.54, 1.807) is 23.4 Å². The Hall–Kier alpha value is -4.60. The number of nitrogens with one attached hydrogen (secondary N) is 2. The average Bonchev–Trinajstić information content (AvgIpc) is 3.38. The summed E-state index contributed by atoms with van der Waals surface area (Å²) in [5, 5.41) is 14.8. The molecule has 2 aromatic carbocycles. The molecule has 0 aliphatic carbocycles. The van der Waals surface area contributed by atoms with Crippen LogP contribution in [0.4, 0.5) is 15.8 Å². The molecule has 2 aromatic heterocycles. The van der Waals surface area contributed by atoms with Gasteiger partial charge in [0.05, 0.1) is 10.5 Å². The summed E-state index contributed by atoms with van der Waals surface area (Å²) >= 11 is 0. The first-order valence-electron chi connectivity index (χ1n) is 11.9. The summed E-state index contributed by atoms with van der Waals surface area (Å²) in [6.07, 6.45) is 4.69. The molecule has 9 nitrogen and oxygen atoms in total. The van der Waals surface area contributed by atoms with Crippen LogP contribution in [-0.2, 0) is 0 Å². The van der Waals surface area contributed by atoms with E-state index in [4.69, 9.17) is 0 Å². The lowest BCUT2D eigenvalue weighted by Gasteiger charge is -2.32. The van der Waals surface area contributed by atoms with E-state index < -0.39 is 16.6 Å². The number of aromatic amines is 1. The second-order valence-corrected chi connectivity index (χ2v) is 9.06. The lowest BCUT2D eigenvalue weighted by atomic mass is 9.89. The fourth-order valence-corrected chi connectivity index (χ4v) is 4.89. The molecular formula is C27H24FN5O4. The highest BCUT2D eigenvalue weighted by Crippen LogP contribution is 2.31. The first kappa shape index (κ1) is 24.1. The summed E-state index contributed by atoms with van der Waals surface area (Å²) in [5.74, 6) is -1.38. The SMILES string of the molecule is Cc1c([N+](=O)[O-])ccc(F)c1C(=O)N1CCC(c2ccc(NC(=O)c3nccc4[nH]ccc34)cc2)CC1. The molecule has 3 heterocycles. The summed E-state index contributed by atoms with van der Waals surface area (Å²) < 4.78 is 14.4. The summed E-state index contributed by atoms with van der Waals surface area (Å²) in [6.45, 7) is 2.22. The van der Waals surface area contributed by atoms with Crippen LogP contribution in [0.3, 0.4) is 0 Å². The maximum Gasteiger partial charge on any atom is 0.274 e. The van der Waals surface area contributed by atoms with Crippen LogP contribution >= 0.6 is 0 Å². The molecule has 0 unspecified atom stereocenters. The maximum absolute atomic E-state index is 14.4. The van der Waals surface area contributed by atoms with Gasteiger partial charge >= 0.3 is 0 Å². The summed E-state index contributed by atoms with van der Waals surface area (Å²) in [5.41, 5.74) is 2.43. The second kappa shape index (κ2) is 9.81. The van der Waals surface area contributed by atoms with Crippen molar-refractivity contribution in [1.82, 2.24) is 14.9 Å². The summed E-state index contributed by atoms with van der Waals surface area (Å²) in [7, 11) is 0. The minimum absolute atomic E-state index is 0.0395. The number of hydrogen-bond donors (Lipinski definition) is 2. The number of carbonyl (C=O) groups excluding carboxylic acids is 2. The second-order valence-electron chi connectivity index (χ2n) is 9.06. The van der Waals surface area contributed by atoms with Crippen molar-refractivity contribution in [2.45, 2.75) is 25.7 Å². The standard InChI is InChI=1S/C27H24FN5O4/c1-16-23(33(36)37)7-6-21(28)24(16)27(35)32-14-10-18(11-15-32)17-2-4-19(5-3-17)31-26(34)25-20-8-12-29-22(20)9-13-30-25/h2-9,12-13,18,29H,10-11,14-15H2,1H3,(H,31,34). The lowest BCUT2D eigenvalue weighted by Crippen LogP contribution is -2.38. The Labute approximate surface area is 211 Å². The summed E-state index contributed by atoms with van der Waals surface area (Å²) in [4.78, 5) is 45.2. The van der Waals surface area contributed by atoms with Crippen molar-refractivity contribution in [2.24, 2.45) is 0 Å². The fourth-order valence-electron chi connectivity index (χ4n) is 4.89. The Morgan fingerprint density at radius 3 is 2.54 bits per heavy atom. The third kappa shape index (κ3) is 4.65. The number of amides is 2. The molecule has 2 amide bonds. The van der Waals surface area contributed by atoms with Gasteiger partial charge in [0, 0.05) is 53.7 Å². The molecule has 2 N–H and O–H groups in total. The number of nitro groups is 1. The van der Waals surface area contributed by atoms with Crippen molar-refractivity contribution >= 4 is 34.1 Å². The number of aromatic nitrogens is 2. The zero-order chi connectivity index (χ0) is 26.1. The van der Waals surface area contributed by atoms with Crippen LogP contribution in [0.5, 0.6) is 0 Å². The van der Waals surface area contributed by atoms with Crippen molar-refractivity contribution in [2.75, 3.05) is 18.4 Å². The number of carbonyl (C=O) groups is 2. The largest absolute Gasteiger partial charge is 0.361 e. The van der Waals surface area contributed by atoms with Gasteiger partial charge in [-0.1, -0.05) is 12.1 Å². The van der Waals surface area contributed by atoms with E-state index in [-0.39, 0.29) is 28.6 Å². The number of likely N-dealkylation sites (tertiary alicyclic amines) is 1. The van der Waals surface area contributed by atoms with E-state index in [1.165, 1.54) is 6.92 Å². The van der Waals surface area contributed by atoms with Gasteiger partial charge in [0.2, 0.25) is 0 Å². The highest BCUT2D eigenvalue weighted by atomic mass is 19.1. The van der Waals surface area contributed by atoms with E-state index in [9.17, 15) is 24.1 Å². The van der Waals surface area contributed by atoms with Crippen molar-refractivity contribution in [3.8, 4) is 0 Å². The van der Waals surface area contributed by atoms with Crippen LogP contribution in [0.25, 0.3) is 10.9 Å². The predicted molar refractivity (Wildman–Crippen MR) is 136 cm³/mol. The molecule has 0 atom stereocenters. The number of benzene rings is 2. The van der Waals surface area contributed by atoms with Crippen molar-refractivity contribution in [1.29, 1.82) is 0 Å². The van der Waals surface area contributed by atoms with Crippen molar-refractivity contribution in [3.05, 3.63) is 99.2 Å². The van der Waals surface area contributed by atoms with Gasteiger partial charge in [-0.3, -0.25) is 24.7 Å². The number of H-pyrrole nitrogens is 1. The van der Waals surface area contributed by atoms with Gasteiger partial charge in [0.25, 0.3) is 17.5 Å². The monoisotopic (exact) mass is 501 g/mol. The minimum atomic E-state index is -0.754. The number of piperidine rings is 1.